The lowest BCUT2D eigenvalue weighted by Crippen LogP contribution is -2.22. The molecule has 0 spiro atoms. The molecule has 0 heterocycles. The van der Waals surface area contributed by atoms with E-state index in [-0.39, 0.29) is 10.8 Å². The number of hydrogen-bond acceptors (Lipinski definition) is 4. The van der Waals surface area contributed by atoms with Gasteiger partial charge in [-0.1, -0.05) is 30.3 Å². The van der Waals surface area contributed by atoms with Crippen molar-refractivity contribution >= 4 is 27.3 Å². The Hall–Kier alpha value is -3.32. The number of benzene rings is 3. The molecule has 6 nitrogen and oxygen atoms in total. The van der Waals surface area contributed by atoms with Gasteiger partial charge in [0.2, 0.25) is 0 Å². The van der Waals surface area contributed by atoms with Gasteiger partial charge in [-0.3, -0.25) is 9.52 Å². The molecule has 1 amide bonds. The highest BCUT2D eigenvalue weighted by molar-refractivity contribution is 7.92. The average molecular weight is 410 g/mol. The normalized spacial score (nSPS) is 11.0. The van der Waals surface area contributed by atoms with Gasteiger partial charge in [-0.2, -0.15) is 0 Å². The topological polar surface area (TPSA) is 78.5 Å². The fraction of sp³-hybridized carbons (Fsp3) is 0.136. The number of carbonyl (C=O) groups is 1. The SMILES string of the molecule is CN(C)c1ccc(CNC(=O)c2ccc(NS(=O)(=O)c3ccccc3)cc2)cc1. The quantitative estimate of drug-likeness (QED) is 0.626. The van der Waals surface area contributed by atoms with Crippen molar-refractivity contribution in [3.8, 4) is 0 Å². The lowest BCUT2D eigenvalue weighted by Gasteiger charge is -2.13. The Kier molecular flexibility index (Phi) is 6.19. The minimum atomic E-state index is -3.66. The Bertz CT molecular complexity index is 1060. The zero-order valence-electron chi connectivity index (χ0n) is 16.3. The Morgan fingerprint density at radius 3 is 2.07 bits per heavy atom. The highest BCUT2D eigenvalue weighted by Gasteiger charge is 2.14. The van der Waals surface area contributed by atoms with Crippen LogP contribution in [0.1, 0.15) is 15.9 Å². The van der Waals surface area contributed by atoms with Gasteiger partial charge in [0.15, 0.2) is 0 Å². The van der Waals surface area contributed by atoms with E-state index >= 15 is 0 Å². The van der Waals surface area contributed by atoms with Gasteiger partial charge in [0.1, 0.15) is 0 Å². The molecule has 0 unspecified atom stereocenters. The van der Waals surface area contributed by atoms with E-state index in [0.717, 1.165) is 11.3 Å². The summed E-state index contributed by atoms with van der Waals surface area (Å²) in [5, 5.41) is 2.87. The van der Waals surface area contributed by atoms with E-state index in [1.54, 1.807) is 42.5 Å². The Balaban J connectivity index is 1.60. The van der Waals surface area contributed by atoms with E-state index in [0.29, 0.717) is 17.8 Å². The van der Waals surface area contributed by atoms with Crippen molar-refractivity contribution in [1.82, 2.24) is 5.32 Å². The third-order valence-corrected chi connectivity index (χ3v) is 5.76. The summed E-state index contributed by atoms with van der Waals surface area (Å²) in [5.74, 6) is -0.223. The minimum absolute atomic E-state index is 0.183. The van der Waals surface area contributed by atoms with Gasteiger partial charge in [-0.05, 0) is 54.1 Å². The molecule has 0 saturated heterocycles. The van der Waals surface area contributed by atoms with E-state index in [9.17, 15) is 13.2 Å². The molecule has 0 aliphatic heterocycles. The van der Waals surface area contributed by atoms with Crippen molar-refractivity contribution in [2.45, 2.75) is 11.4 Å². The van der Waals surface area contributed by atoms with Crippen LogP contribution in [0.3, 0.4) is 0 Å². The van der Waals surface area contributed by atoms with Gasteiger partial charge in [0.05, 0.1) is 4.90 Å². The Morgan fingerprint density at radius 2 is 1.48 bits per heavy atom. The lowest BCUT2D eigenvalue weighted by atomic mass is 10.1. The first-order valence-corrected chi connectivity index (χ1v) is 10.6. The Labute approximate surface area is 171 Å². The van der Waals surface area contributed by atoms with Crippen LogP contribution in [0.15, 0.2) is 83.8 Å². The maximum Gasteiger partial charge on any atom is 0.261 e. The molecule has 0 atom stereocenters. The number of sulfonamides is 1. The largest absolute Gasteiger partial charge is 0.378 e. The van der Waals surface area contributed by atoms with Crippen LogP contribution in [-0.4, -0.2) is 28.4 Å². The monoisotopic (exact) mass is 409 g/mol. The predicted octanol–water partition coefficient (Wildman–Crippen LogP) is 3.48. The van der Waals surface area contributed by atoms with Crippen LogP contribution in [-0.2, 0) is 16.6 Å². The summed E-state index contributed by atoms with van der Waals surface area (Å²) in [7, 11) is 0.289. The summed E-state index contributed by atoms with van der Waals surface area (Å²) in [6.07, 6.45) is 0. The number of nitrogens with one attached hydrogen (secondary N) is 2. The maximum absolute atomic E-state index is 12.4. The van der Waals surface area contributed by atoms with Gasteiger partial charge in [-0.25, -0.2) is 8.42 Å². The van der Waals surface area contributed by atoms with Crippen LogP contribution in [0, 0.1) is 0 Å². The number of rotatable bonds is 7. The van der Waals surface area contributed by atoms with Gasteiger partial charge in [0, 0.05) is 37.6 Å². The highest BCUT2D eigenvalue weighted by atomic mass is 32.2. The zero-order valence-corrected chi connectivity index (χ0v) is 17.1. The summed E-state index contributed by atoms with van der Waals surface area (Å²) in [5.41, 5.74) is 2.94. The van der Waals surface area contributed by atoms with Gasteiger partial charge in [-0.15, -0.1) is 0 Å². The molecule has 29 heavy (non-hydrogen) atoms. The minimum Gasteiger partial charge on any atom is -0.378 e. The number of amides is 1. The van der Waals surface area contributed by atoms with Crippen LogP contribution >= 0.6 is 0 Å². The molecule has 0 aromatic heterocycles. The van der Waals surface area contributed by atoms with Gasteiger partial charge in [0.25, 0.3) is 15.9 Å². The third kappa shape index (κ3) is 5.36. The number of nitrogens with zero attached hydrogens (tertiary/aromatic N) is 1. The van der Waals surface area contributed by atoms with E-state index in [1.165, 1.54) is 12.1 Å². The number of carbonyl (C=O) groups excluding carboxylic acids is 1. The van der Waals surface area contributed by atoms with Crippen LogP contribution in [0.4, 0.5) is 11.4 Å². The number of hydrogen-bond donors (Lipinski definition) is 2. The van der Waals surface area contributed by atoms with Crippen molar-refractivity contribution < 1.29 is 13.2 Å². The molecule has 2 N–H and O–H groups in total. The second-order valence-electron chi connectivity index (χ2n) is 6.74. The summed E-state index contributed by atoms with van der Waals surface area (Å²) in [6.45, 7) is 0.412. The molecule has 0 radical (unpaired) electrons. The van der Waals surface area contributed by atoms with E-state index in [4.69, 9.17) is 0 Å². The molecule has 150 valence electrons. The van der Waals surface area contributed by atoms with Crippen molar-refractivity contribution in [2.24, 2.45) is 0 Å². The van der Waals surface area contributed by atoms with Crippen molar-refractivity contribution in [3.05, 3.63) is 90.0 Å². The maximum atomic E-state index is 12.4. The third-order valence-electron chi connectivity index (χ3n) is 4.36. The molecule has 3 rings (SSSR count). The van der Waals surface area contributed by atoms with Crippen LogP contribution in [0.2, 0.25) is 0 Å². The summed E-state index contributed by atoms with van der Waals surface area (Å²) in [4.78, 5) is 14.5. The van der Waals surface area contributed by atoms with Crippen molar-refractivity contribution in [3.63, 3.8) is 0 Å². The molecule has 0 aliphatic carbocycles. The Morgan fingerprint density at radius 1 is 0.862 bits per heavy atom. The van der Waals surface area contributed by atoms with Gasteiger partial charge >= 0.3 is 0 Å². The lowest BCUT2D eigenvalue weighted by molar-refractivity contribution is 0.0951. The highest BCUT2D eigenvalue weighted by Crippen LogP contribution is 2.17. The molecule has 0 fully saturated rings. The first-order valence-electron chi connectivity index (χ1n) is 9.07. The molecule has 0 saturated carbocycles. The summed E-state index contributed by atoms with van der Waals surface area (Å²) in [6, 6.07) is 22.4. The molecule has 3 aromatic rings. The fourth-order valence-electron chi connectivity index (χ4n) is 2.70. The molecular weight excluding hydrogens is 386 g/mol. The summed E-state index contributed by atoms with van der Waals surface area (Å²) < 4.78 is 27.2. The van der Waals surface area contributed by atoms with E-state index in [2.05, 4.69) is 10.0 Å². The van der Waals surface area contributed by atoms with Crippen molar-refractivity contribution in [2.75, 3.05) is 23.7 Å². The van der Waals surface area contributed by atoms with E-state index in [1.807, 2.05) is 43.3 Å². The zero-order chi connectivity index (χ0) is 20.9. The molecule has 7 heteroatoms. The first-order chi connectivity index (χ1) is 13.8. The smallest absolute Gasteiger partial charge is 0.261 e. The molecular formula is C22H23N3O3S. The second-order valence-corrected chi connectivity index (χ2v) is 8.42. The molecule has 0 bridgehead atoms. The van der Waals surface area contributed by atoms with Crippen molar-refractivity contribution in [1.29, 1.82) is 0 Å². The van der Waals surface area contributed by atoms with Crippen LogP contribution < -0.4 is 14.9 Å². The number of anilines is 2. The molecule has 3 aromatic carbocycles. The predicted molar refractivity (Wildman–Crippen MR) is 116 cm³/mol. The average Bonchev–Trinajstić information content (AvgIpc) is 2.73. The second kappa shape index (κ2) is 8.79. The van der Waals surface area contributed by atoms with E-state index < -0.39 is 10.0 Å². The standard InChI is InChI=1S/C22H23N3O3S/c1-25(2)20-14-8-17(9-15-20)16-23-22(26)18-10-12-19(13-11-18)24-29(27,28)21-6-4-3-5-7-21/h3-15,24H,16H2,1-2H3,(H,23,26). The van der Waals surface area contributed by atoms with Crippen LogP contribution in [0.25, 0.3) is 0 Å². The van der Waals surface area contributed by atoms with Crippen LogP contribution in [0.5, 0.6) is 0 Å². The molecule has 0 aliphatic rings. The first kappa shape index (κ1) is 20.4. The summed E-state index contributed by atoms with van der Waals surface area (Å²) >= 11 is 0. The fourth-order valence-corrected chi connectivity index (χ4v) is 3.78. The van der Waals surface area contributed by atoms with Gasteiger partial charge < -0.3 is 10.2 Å².